The smallest absolute Gasteiger partial charge is 0.244 e. The fourth-order valence-electron chi connectivity index (χ4n) is 3.72. The van der Waals surface area contributed by atoms with E-state index in [9.17, 15) is 4.79 Å². The van der Waals surface area contributed by atoms with Gasteiger partial charge in [0.05, 0.1) is 0 Å². The molecule has 2 nitrogen and oxygen atoms in total. The van der Waals surface area contributed by atoms with Crippen molar-refractivity contribution >= 4 is 5.91 Å². The molecule has 2 rings (SSSR count). The lowest BCUT2D eigenvalue weighted by Crippen LogP contribution is -2.20. The highest BCUT2D eigenvalue weighted by atomic mass is 16.1. The van der Waals surface area contributed by atoms with Crippen LogP contribution >= 0.6 is 0 Å². The van der Waals surface area contributed by atoms with E-state index in [1.54, 1.807) is 6.08 Å². The Bertz CT molecular complexity index is 848. The number of allylic oxidation sites excluding steroid dienone is 9. The highest BCUT2D eigenvalue weighted by Crippen LogP contribution is 2.40. The molecule has 1 aliphatic rings. The minimum absolute atomic E-state index is 0.0708. The molecule has 2 heteroatoms. The minimum Gasteiger partial charge on any atom is -0.348 e. The van der Waals surface area contributed by atoms with Gasteiger partial charge in [-0.2, -0.15) is 0 Å². The molecule has 0 fully saturated rings. The molecule has 0 saturated heterocycles. The molecule has 1 aliphatic carbocycles. The highest BCUT2D eigenvalue weighted by molar-refractivity contribution is 5.88. The molecule has 0 aromatic heterocycles. The predicted molar refractivity (Wildman–Crippen MR) is 124 cm³/mol. The van der Waals surface area contributed by atoms with Crippen LogP contribution in [-0.4, -0.2) is 5.91 Å². The van der Waals surface area contributed by atoms with Crippen molar-refractivity contribution in [3.8, 4) is 0 Å². The van der Waals surface area contributed by atoms with Crippen LogP contribution < -0.4 is 5.32 Å². The van der Waals surface area contributed by atoms with Gasteiger partial charge >= 0.3 is 0 Å². The first kappa shape index (κ1) is 22.7. The lowest BCUT2D eigenvalue weighted by atomic mass is 9.72. The van der Waals surface area contributed by atoms with Gasteiger partial charge in [-0.05, 0) is 62.2 Å². The Hall–Kier alpha value is -2.61. The Morgan fingerprint density at radius 1 is 1.10 bits per heavy atom. The summed E-state index contributed by atoms with van der Waals surface area (Å²) in [4.78, 5) is 12.0. The van der Waals surface area contributed by atoms with Crippen molar-refractivity contribution in [3.05, 3.63) is 94.6 Å². The molecular weight excluding hydrogens is 354 g/mol. The summed E-state index contributed by atoms with van der Waals surface area (Å²) in [6.07, 6.45) is 15.9. The first-order valence-electron chi connectivity index (χ1n) is 10.5. The average molecular weight is 390 g/mol. The molecule has 0 spiro atoms. The zero-order valence-electron chi connectivity index (χ0n) is 18.6. The SMILES string of the molecule is CC1=C(/C=C/C(C)=C/C=C/C(C)=C/C(=O)NCc2ccccc2)C(C)(C)CCC1. The third kappa shape index (κ3) is 7.73. The van der Waals surface area contributed by atoms with E-state index in [-0.39, 0.29) is 11.3 Å². The summed E-state index contributed by atoms with van der Waals surface area (Å²) >= 11 is 0. The largest absolute Gasteiger partial charge is 0.348 e. The second-order valence-corrected chi connectivity index (χ2v) is 8.63. The van der Waals surface area contributed by atoms with Gasteiger partial charge in [0.1, 0.15) is 0 Å². The number of carbonyl (C=O) groups is 1. The molecule has 29 heavy (non-hydrogen) atoms. The van der Waals surface area contributed by atoms with E-state index in [2.05, 4.69) is 51.2 Å². The van der Waals surface area contributed by atoms with Crippen LogP contribution in [0.2, 0.25) is 0 Å². The van der Waals surface area contributed by atoms with E-state index in [4.69, 9.17) is 0 Å². The van der Waals surface area contributed by atoms with Gasteiger partial charge in [-0.25, -0.2) is 0 Å². The summed E-state index contributed by atoms with van der Waals surface area (Å²) in [5.41, 5.74) is 6.48. The Labute approximate surface area is 176 Å². The molecule has 1 N–H and O–H groups in total. The van der Waals surface area contributed by atoms with Crippen LogP contribution in [0.4, 0.5) is 0 Å². The number of hydrogen-bond donors (Lipinski definition) is 1. The summed E-state index contributed by atoms with van der Waals surface area (Å²) in [5, 5.41) is 2.92. The third-order valence-electron chi connectivity index (χ3n) is 5.44. The van der Waals surface area contributed by atoms with Gasteiger partial charge in [0.2, 0.25) is 5.91 Å². The summed E-state index contributed by atoms with van der Waals surface area (Å²) < 4.78 is 0. The van der Waals surface area contributed by atoms with Crippen molar-refractivity contribution in [2.24, 2.45) is 5.41 Å². The zero-order valence-corrected chi connectivity index (χ0v) is 18.6. The van der Waals surface area contributed by atoms with Gasteiger partial charge in [0.25, 0.3) is 0 Å². The van der Waals surface area contributed by atoms with Gasteiger partial charge in [-0.3, -0.25) is 4.79 Å². The molecule has 154 valence electrons. The van der Waals surface area contributed by atoms with Gasteiger partial charge in [0.15, 0.2) is 0 Å². The maximum atomic E-state index is 12.0. The molecular formula is C27H35NO. The number of amides is 1. The number of benzene rings is 1. The summed E-state index contributed by atoms with van der Waals surface area (Å²) in [5.74, 6) is -0.0708. The molecule has 0 radical (unpaired) electrons. The monoisotopic (exact) mass is 389 g/mol. The summed E-state index contributed by atoms with van der Waals surface area (Å²) in [6, 6.07) is 9.93. The van der Waals surface area contributed by atoms with Crippen LogP contribution in [0.5, 0.6) is 0 Å². The highest BCUT2D eigenvalue weighted by Gasteiger charge is 2.26. The number of nitrogens with one attached hydrogen (secondary N) is 1. The van der Waals surface area contributed by atoms with Crippen molar-refractivity contribution in [3.63, 3.8) is 0 Å². The normalized spacial score (nSPS) is 18.0. The lowest BCUT2D eigenvalue weighted by molar-refractivity contribution is -0.116. The molecule has 1 aromatic rings. The number of carbonyl (C=O) groups excluding carboxylic acids is 1. The summed E-state index contributed by atoms with van der Waals surface area (Å²) in [7, 11) is 0. The number of hydrogen-bond acceptors (Lipinski definition) is 1. The van der Waals surface area contributed by atoms with E-state index in [0.29, 0.717) is 6.54 Å². The van der Waals surface area contributed by atoms with Crippen LogP contribution in [0, 0.1) is 5.41 Å². The molecule has 0 atom stereocenters. The van der Waals surface area contributed by atoms with Gasteiger partial charge in [-0.15, -0.1) is 0 Å². The number of rotatable bonds is 7. The average Bonchev–Trinajstić information content (AvgIpc) is 2.66. The van der Waals surface area contributed by atoms with Crippen molar-refractivity contribution in [1.29, 1.82) is 0 Å². The molecule has 0 aliphatic heterocycles. The quantitative estimate of drug-likeness (QED) is 0.402. The Morgan fingerprint density at radius 3 is 2.52 bits per heavy atom. The Balaban J connectivity index is 1.90. The van der Waals surface area contributed by atoms with Gasteiger partial charge in [0, 0.05) is 12.6 Å². The predicted octanol–water partition coefficient (Wildman–Crippen LogP) is 6.83. The second kappa shape index (κ2) is 10.8. The van der Waals surface area contributed by atoms with Crippen molar-refractivity contribution in [1.82, 2.24) is 5.32 Å². The maximum absolute atomic E-state index is 12.0. The van der Waals surface area contributed by atoms with E-state index in [0.717, 1.165) is 11.1 Å². The third-order valence-corrected chi connectivity index (χ3v) is 5.44. The second-order valence-electron chi connectivity index (χ2n) is 8.63. The Kier molecular flexibility index (Phi) is 8.45. The van der Waals surface area contributed by atoms with Crippen LogP contribution in [0.25, 0.3) is 0 Å². The fraction of sp³-hybridized carbons (Fsp3) is 0.370. The summed E-state index contributed by atoms with van der Waals surface area (Å²) in [6.45, 7) is 11.5. The Morgan fingerprint density at radius 2 is 1.83 bits per heavy atom. The van der Waals surface area contributed by atoms with E-state index in [1.165, 1.54) is 36.0 Å². The van der Waals surface area contributed by atoms with Crippen molar-refractivity contribution < 1.29 is 4.79 Å². The topological polar surface area (TPSA) is 29.1 Å². The van der Waals surface area contributed by atoms with Crippen LogP contribution in [0.15, 0.2) is 89.1 Å². The van der Waals surface area contributed by atoms with Gasteiger partial charge < -0.3 is 5.32 Å². The molecule has 0 heterocycles. The van der Waals surface area contributed by atoms with E-state index in [1.807, 2.05) is 49.4 Å². The van der Waals surface area contributed by atoms with Crippen molar-refractivity contribution in [2.45, 2.75) is 60.4 Å². The van der Waals surface area contributed by atoms with Gasteiger partial charge in [-0.1, -0.05) is 85.7 Å². The van der Waals surface area contributed by atoms with E-state index < -0.39 is 0 Å². The zero-order chi connectivity index (χ0) is 21.3. The fourth-order valence-corrected chi connectivity index (χ4v) is 3.72. The maximum Gasteiger partial charge on any atom is 0.244 e. The molecule has 0 bridgehead atoms. The first-order valence-corrected chi connectivity index (χ1v) is 10.5. The van der Waals surface area contributed by atoms with E-state index >= 15 is 0 Å². The molecule has 1 amide bonds. The minimum atomic E-state index is -0.0708. The van der Waals surface area contributed by atoms with Crippen LogP contribution in [-0.2, 0) is 11.3 Å². The molecule has 1 aromatic carbocycles. The van der Waals surface area contributed by atoms with Crippen LogP contribution in [0.1, 0.15) is 59.4 Å². The van der Waals surface area contributed by atoms with Crippen molar-refractivity contribution in [2.75, 3.05) is 0 Å². The molecule has 0 unspecified atom stereocenters. The lowest BCUT2D eigenvalue weighted by Gasteiger charge is -2.32. The standard InChI is InChI=1S/C27H35NO/c1-21(16-17-25-23(3)13-10-18-27(25,4)5)11-9-12-22(2)19-26(29)28-20-24-14-7-6-8-15-24/h6-9,11-12,14-17,19H,10,13,18,20H2,1-5H3,(H,28,29)/b12-9+,17-16+,21-11+,22-19+. The molecule has 0 saturated carbocycles. The van der Waals surface area contributed by atoms with Crippen LogP contribution in [0.3, 0.4) is 0 Å². The first-order chi connectivity index (χ1) is 13.8.